The minimum atomic E-state index is -4.80. The molecule has 2 atom stereocenters. The first kappa shape index (κ1) is 26.3. The molecule has 1 unspecified atom stereocenters. The van der Waals surface area contributed by atoms with Gasteiger partial charge in [-0.2, -0.15) is 13.2 Å². The number of nitrogens with one attached hydrogen (secondary N) is 2. The van der Waals surface area contributed by atoms with Crippen LogP contribution >= 0.6 is 0 Å². The van der Waals surface area contributed by atoms with Crippen molar-refractivity contribution in [1.82, 2.24) is 4.90 Å². The number of ether oxygens (including phenoxy) is 3. The van der Waals surface area contributed by atoms with Gasteiger partial charge in [-0.3, -0.25) is 10.3 Å². The maximum atomic E-state index is 14.4. The Kier molecular flexibility index (Phi) is 8.99. The Bertz CT molecular complexity index is 874. The minimum absolute atomic E-state index is 0.00282. The fraction of sp³-hybridized carbons (Fsp3) is 0.550. The van der Waals surface area contributed by atoms with E-state index in [-0.39, 0.29) is 19.0 Å². The van der Waals surface area contributed by atoms with Gasteiger partial charge in [-0.1, -0.05) is 0 Å². The number of alkyl halides is 3. The van der Waals surface area contributed by atoms with Gasteiger partial charge >= 0.3 is 18.2 Å². The molecule has 1 aromatic carbocycles. The molecular formula is C20H25F4N3O6. The molecule has 0 radical (unpaired) electrons. The molecule has 0 aliphatic carbocycles. The summed E-state index contributed by atoms with van der Waals surface area (Å²) in [6, 6.07) is 0.136. The smallest absolute Gasteiger partial charge is 0.425 e. The highest BCUT2D eigenvalue weighted by Gasteiger charge is 2.39. The maximum absolute atomic E-state index is 14.4. The van der Waals surface area contributed by atoms with Gasteiger partial charge in [0.05, 0.1) is 5.69 Å². The van der Waals surface area contributed by atoms with Crippen LogP contribution in [-0.2, 0) is 9.47 Å². The summed E-state index contributed by atoms with van der Waals surface area (Å²) in [7, 11) is 0. The van der Waals surface area contributed by atoms with Crippen molar-refractivity contribution in [1.29, 1.82) is 5.41 Å². The van der Waals surface area contributed by atoms with Crippen molar-refractivity contribution in [3.05, 3.63) is 23.5 Å². The molecule has 0 saturated carbocycles. The molecular weight excluding hydrogens is 454 g/mol. The third-order valence-electron chi connectivity index (χ3n) is 4.74. The van der Waals surface area contributed by atoms with E-state index in [0.717, 1.165) is 17.7 Å². The molecule has 1 aliphatic rings. The highest BCUT2D eigenvalue weighted by Crippen LogP contribution is 2.31. The second-order valence-corrected chi connectivity index (χ2v) is 7.16. The van der Waals surface area contributed by atoms with Crippen molar-refractivity contribution < 1.29 is 46.5 Å². The van der Waals surface area contributed by atoms with E-state index in [2.05, 4.69) is 10.1 Å². The number of carbonyl (C=O) groups is 2. The average molecular weight is 479 g/mol. The zero-order valence-electron chi connectivity index (χ0n) is 18.0. The number of carbonyl (C=O) groups excluding carboxylic acids is 1. The van der Waals surface area contributed by atoms with Crippen LogP contribution in [0, 0.1) is 11.2 Å². The highest BCUT2D eigenvalue weighted by molar-refractivity contribution is 6.03. The maximum Gasteiger partial charge on any atom is 0.425 e. The quantitative estimate of drug-likeness (QED) is 0.292. The first-order valence-corrected chi connectivity index (χ1v) is 10.1. The number of nitrogens with zero attached hydrogens (tertiary/aromatic N) is 1. The average Bonchev–Trinajstić information content (AvgIpc) is 2.74. The predicted octanol–water partition coefficient (Wildman–Crippen LogP) is 4.23. The first-order valence-electron chi connectivity index (χ1n) is 10.1. The summed E-state index contributed by atoms with van der Waals surface area (Å²) in [6.07, 6.45) is -5.24. The summed E-state index contributed by atoms with van der Waals surface area (Å²) in [5, 5.41) is 19.4. The van der Waals surface area contributed by atoms with Crippen LogP contribution in [0.3, 0.4) is 0 Å². The van der Waals surface area contributed by atoms with E-state index in [1.807, 2.05) is 0 Å². The van der Waals surface area contributed by atoms with Crippen LogP contribution in [0.5, 0.6) is 5.75 Å². The van der Waals surface area contributed by atoms with E-state index in [1.165, 1.54) is 0 Å². The van der Waals surface area contributed by atoms with E-state index >= 15 is 0 Å². The number of carboxylic acids is 1. The zero-order valence-corrected chi connectivity index (χ0v) is 18.0. The second kappa shape index (κ2) is 11.3. The van der Waals surface area contributed by atoms with Crippen molar-refractivity contribution >= 4 is 23.5 Å². The van der Waals surface area contributed by atoms with Crippen molar-refractivity contribution in [3.8, 4) is 5.75 Å². The summed E-state index contributed by atoms with van der Waals surface area (Å²) in [5.41, 5.74) is -1.46. The number of likely N-dealkylation sites (N-methyl/N-ethyl adjacent to an activating group) is 1. The molecule has 2 amide bonds. The van der Waals surface area contributed by atoms with Gasteiger partial charge in [-0.15, -0.1) is 0 Å². The molecule has 184 valence electrons. The Labute approximate surface area is 187 Å². The molecule has 1 aliphatic heterocycles. The van der Waals surface area contributed by atoms with Gasteiger partial charge in [0.25, 0.3) is 0 Å². The number of aromatic carboxylic acids is 1. The molecule has 33 heavy (non-hydrogen) atoms. The molecule has 1 heterocycles. The molecule has 0 bridgehead atoms. The van der Waals surface area contributed by atoms with E-state index in [9.17, 15) is 27.2 Å². The molecule has 0 aromatic heterocycles. The number of carboxylic acid groups (broad SMARTS) is 1. The van der Waals surface area contributed by atoms with E-state index < -0.39 is 53.4 Å². The summed E-state index contributed by atoms with van der Waals surface area (Å²) in [6.45, 7) is 2.48. The Balaban J connectivity index is 2.15. The molecule has 1 fully saturated rings. The first-order chi connectivity index (χ1) is 15.4. The molecule has 13 heteroatoms. The van der Waals surface area contributed by atoms with Crippen LogP contribution in [0.2, 0.25) is 0 Å². The van der Waals surface area contributed by atoms with E-state index in [0.29, 0.717) is 32.1 Å². The van der Waals surface area contributed by atoms with Crippen LogP contribution < -0.4 is 10.1 Å². The number of anilines is 1. The molecule has 2 rings (SSSR count). The topological polar surface area (TPSA) is 121 Å². The normalized spacial score (nSPS) is 17.2. The largest absolute Gasteiger partial charge is 0.480 e. The number of benzene rings is 1. The van der Waals surface area contributed by atoms with Gasteiger partial charge in [-0.05, 0) is 39.2 Å². The lowest BCUT2D eigenvalue weighted by molar-refractivity contribution is -0.189. The van der Waals surface area contributed by atoms with Crippen molar-refractivity contribution in [2.24, 2.45) is 0 Å². The lowest BCUT2D eigenvalue weighted by Gasteiger charge is -2.26. The number of amides is 2. The number of hydrogen-bond donors (Lipinski definition) is 3. The van der Waals surface area contributed by atoms with Gasteiger partial charge in [0.1, 0.15) is 29.6 Å². The fourth-order valence-corrected chi connectivity index (χ4v) is 2.90. The van der Waals surface area contributed by atoms with Crippen molar-refractivity contribution in [2.45, 2.75) is 51.7 Å². The number of hydrogen-bond acceptors (Lipinski definition) is 6. The molecule has 1 aromatic rings. The van der Waals surface area contributed by atoms with Crippen LogP contribution in [0.15, 0.2) is 12.1 Å². The predicted molar refractivity (Wildman–Crippen MR) is 108 cm³/mol. The standard InChI is InChI=1S/C20H25F4N3O6/c1-3-27(16(25)10-32-17-6-4-5-7-31-17)19(30)26-14-9-15(33-11(2)20(22,23)24)12(18(28)29)8-13(14)21/h8-9,11,17,25H,3-7,10H2,1-2H3,(H,26,30)(H,28,29)/t11-,17?/m0/s1. The number of amidine groups is 1. The number of urea groups is 1. The van der Waals surface area contributed by atoms with Crippen LogP contribution in [0.1, 0.15) is 43.5 Å². The lowest BCUT2D eigenvalue weighted by atomic mass is 10.1. The highest BCUT2D eigenvalue weighted by atomic mass is 19.4. The Morgan fingerprint density at radius 2 is 2.06 bits per heavy atom. The summed E-state index contributed by atoms with van der Waals surface area (Å²) in [4.78, 5) is 24.8. The monoisotopic (exact) mass is 479 g/mol. The van der Waals surface area contributed by atoms with E-state index in [1.54, 1.807) is 6.92 Å². The Morgan fingerprint density at radius 3 is 2.61 bits per heavy atom. The Morgan fingerprint density at radius 1 is 1.36 bits per heavy atom. The number of rotatable bonds is 8. The third-order valence-corrected chi connectivity index (χ3v) is 4.74. The molecule has 0 spiro atoms. The lowest BCUT2D eigenvalue weighted by Crippen LogP contribution is -2.42. The van der Waals surface area contributed by atoms with E-state index in [4.69, 9.17) is 20.0 Å². The van der Waals surface area contributed by atoms with Crippen molar-refractivity contribution in [2.75, 3.05) is 25.1 Å². The molecule has 3 N–H and O–H groups in total. The van der Waals surface area contributed by atoms with Gasteiger partial charge in [-0.25, -0.2) is 14.0 Å². The van der Waals surface area contributed by atoms with Gasteiger partial charge in [0.15, 0.2) is 12.4 Å². The van der Waals surface area contributed by atoms with Gasteiger partial charge in [0.2, 0.25) is 0 Å². The van der Waals surface area contributed by atoms with Gasteiger partial charge < -0.3 is 24.6 Å². The van der Waals surface area contributed by atoms with Crippen LogP contribution in [-0.4, -0.2) is 66.2 Å². The van der Waals surface area contributed by atoms with Crippen molar-refractivity contribution in [3.63, 3.8) is 0 Å². The SMILES string of the molecule is CCN(C(=N)COC1CCCCO1)C(=O)Nc1cc(O[C@@H](C)C(F)(F)F)c(C(=O)O)cc1F. The second-order valence-electron chi connectivity index (χ2n) is 7.16. The summed E-state index contributed by atoms with van der Waals surface area (Å²) >= 11 is 0. The molecule has 1 saturated heterocycles. The zero-order chi connectivity index (χ0) is 24.8. The Hall–Kier alpha value is -2.93. The van der Waals surface area contributed by atoms with Crippen LogP contribution in [0.25, 0.3) is 0 Å². The third kappa shape index (κ3) is 7.29. The van der Waals surface area contributed by atoms with Gasteiger partial charge in [0, 0.05) is 19.2 Å². The number of halogens is 4. The minimum Gasteiger partial charge on any atom is -0.480 e. The summed E-state index contributed by atoms with van der Waals surface area (Å²) < 4.78 is 68.4. The fourth-order valence-electron chi connectivity index (χ4n) is 2.90. The molecule has 9 nitrogen and oxygen atoms in total. The summed E-state index contributed by atoms with van der Waals surface area (Å²) in [5.74, 6) is -3.95. The van der Waals surface area contributed by atoms with Crippen LogP contribution in [0.4, 0.5) is 28.0 Å².